The van der Waals surface area contributed by atoms with E-state index in [1.165, 1.54) is 11.0 Å². The highest BCUT2D eigenvalue weighted by Gasteiger charge is 2.49. The van der Waals surface area contributed by atoms with E-state index in [2.05, 4.69) is 18.1 Å². The summed E-state index contributed by atoms with van der Waals surface area (Å²) in [6.45, 7) is 13.2. The van der Waals surface area contributed by atoms with E-state index in [-0.39, 0.29) is 40.7 Å². The predicted octanol–water partition coefficient (Wildman–Crippen LogP) is 5.71. The number of benzene rings is 2. The lowest BCUT2D eigenvalue weighted by Crippen LogP contribution is -2.29. The highest BCUT2D eigenvalue weighted by Crippen LogP contribution is 2.46. The van der Waals surface area contributed by atoms with Crippen LogP contribution in [0.25, 0.3) is 5.76 Å². The minimum Gasteiger partial charge on any atom is -0.507 e. The molecule has 3 aromatic rings. The minimum absolute atomic E-state index is 0.00109. The number of fused-ring (bicyclic) bond motifs is 1. The molecule has 3 heterocycles. The summed E-state index contributed by atoms with van der Waals surface area (Å²) in [5.41, 5.74) is 1.91. The number of ketones is 1. The first-order valence-corrected chi connectivity index (χ1v) is 14.9. The standard InChI is InChI=1S/C33H32N2O8S/c1-6-13-41-24-12-9-20(17-25(24)40-8-3)27-26(28(36)21-10-11-23-22(16-21)15-18(4)43-23)29(37)31(38)35(27)33-34-19(5)30(44-33)32(39)42-14-7-2/h6-7,9-12,16-18,27,36H,1-2,8,13-15H2,3-5H3/t18-,27+/m0/s1. The zero-order valence-electron chi connectivity index (χ0n) is 24.6. The molecule has 0 aliphatic carbocycles. The van der Waals surface area contributed by atoms with Gasteiger partial charge in [-0.15, -0.1) is 0 Å². The fraction of sp³-hybridized carbons (Fsp3) is 0.273. The quantitative estimate of drug-likeness (QED) is 0.0949. The van der Waals surface area contributed by atoms with Crippen molar-refractivity contribution in [3.8, 4) is 17.2 Å². The van der Waals surface area contributed by atoms with Crippen LogP contribution in [0.2, 0.25) is 0 Å². The molecule has 0 spiro atoms. The lowest BCUT2D eigenvalue weighted by molar-refractivity contribution is -0.132. The molecule has 1 amide bonds. The third kappa shape index (κ3) is 5.70. The van der Waals surface area contributed by atoms with Gasteiger partial charge in [0.1, 0.15) is 35.7 Å². The van der Waals surface area contributed by atoms with Crippen molar-refractivity contribution in [3.63, 3.8) is 0 Å². The van der Waals surface area contributed by atoms with Crippen molar-refractivity contribution in [3.05, 3.63) is 94.5 Å². The number of thiazole rings is 1. The van der Waals surface area contributed by atoms with Crippen LogP contribution in [0.1, 0.15) is 51.9 Å². The van der Waals surface area contributed by atoms with Crippen LogP contribution >= 0.6 is 11.3 Å². The number of hydrogen-bond donors (Lipinski definition) is 1. The van der Waals surface area contributed by atoms with Crippen LogP contribution in [0.5, 0.6) is 17.2 Å². The molecular formula is C33H32N2O8S. The number of nitrogens with zero attached hydrogens (tertiary/aromatic N) is 2. The SMILES string of the molecule is C=CCOC(=O)c1sc(N2C(=O)C(=O)C(=C(O)c3ccc4c(c3)C[C@H](C)O4)[C@H]2c2ccc(OCC=C)c(OCC)c2)nc1C. The van der Waals surface area contributed by atoms with Crippen molar-refractivity contribution < 1.29 is 38.4 Å². The maximum atomic E-state index is 13.7. The number of hydrogen-bond acceptors (Lipinski definition) is 10. The number of anilines is 1. The largest absolute Gasteiger partial charge is 0.507 e. The molecule has 1 N–H and O–H groups in total. The fourth-order valence-corrected chi connectivity index (χ4v) is 6.16. The highest BCUT2D eigenvalue weighted by molar-refractivity contribution is 7.17. The number of ether oxygens (including phenoxy) is 4. The van der Waals surface area contributed by atoms with Crippen LogP contribution in [-0.2, 0) is 20.7 Å². The molecule has 0 saturated carbocycles. The van der Waals surface area contributed by atoms with E-state index in [1.807, 2.05) is 13.8 Å². The Morgan fingerprint density at radius 2 is 1.91 bits per heavy atom. The summed E-state index contributed by atoms with van der Waals surface area (Å²) in [6.07, 6.45) is 3.66. The highest BCUT2D eigenvalue weighted by atomic mass is 32.1. The van der Waals surface area contributed by atoms with Gasteiger partial charge in [-0.3, -0.25) is 14.5 Å². The Hall–Kier alpha value is -4.90. The number of amides is 1. The van der Waals surface area contributed by atoms with Crippen molar-refractivity contribution >= 4 is 39.9 Å². The number of carbonyl (C=O) groups excluding carboxylic acids is 3. The van der Waals surface area contributed by atoms with Gasteiger partial charge in [-0.1, -0.05) is 42.7 Å². The maximum Gasteiger partial charge on any atom is 0.350 e. The molecule has 2 aliphatic heterocycles. The Morgan fingerprint density at radius 1 is 1.14 bits per heavy atom. The Kier molecular flexibility index (Phi) is 8.86. The number of Topliss-reactive ketones (excluding diaryl/α,β-unsaturated/α-hetero) is 1. The van der Waals surface area contributed by atoms with Gasteiger partial charge >= 0.3 is 11.9 Å². The van der Waals surface area contributed by atoms with E-state index >= 15 is 0 Å². The van der Waals surface area contributed by atoms with E-state index in [0.29, 0.717) is 47.1 Å². The Balaban J connectivity index is 1.68. The Morgan fingerprint density at radius 3 is 2.64 bits per heavy atom. The number of aryl methyl sites for hydroxylation is 1. The molecule has 11 heteroatoms. The van der Waals surface area contributed by atoms with E-state index in [1.54, 1.807) is 49.4 Å². The topological polar surface area (TPSA) is 124 Å². The van der Waals surface area contributed by atoms with Crippen LogP contribution < -0.4 is 19.1 Å². The molecule has 1 aromatic heterocycles. The first kappa shape index (κ1) is 30.6. The molecule has 0 bridgehead atoms. The molecular weight excluding hydrogens is 584 g/mol. The molecule has 5 rings (SSSR count). The van der Waals surface area contributed by atoms with Gasteiger partial charge in [-0.05, 0) is 62.2 Å². The van der Waals surface area contributed by atoms with Crippen molar-refractivity contribution in [2.45, 2.75) is 39.3 Å². The number of aliphatic hydroxyl groups excluding tert-OH is 1. The third-order valence-corrected chi connectivity index (χ3v) is 8.20. The summed E-state index contributed by atoms with van der Waals surface area (Å²) in [5, 5.41) is 11.8. The summed E-state index contributed by atoms with van der Waals surface area (Å²) in [4.78, 5) is 46.0. The van der Waals surface area contributed by atoms with Crippen molar-refractivity contribution in [1.29, 1.82) is 0 Å². The molecule has 0 radical (unpaired) electrons. The van der Waals surface area contributed by atoms with E-state index in [4.69, 9.17) is 18.9 Å². The fourth-order valence-electron chi connectivity index (χ4n) is 5.18. The molecule has 1 fully saturated rings. The second-order valence-electron chi connectivity index (χ2n) is 10.2. The third-order valence-electron chi connectivity index (χ3n) is 7.06. The van der Waals surface area contributed by atoms with Crippen molar-refractivity contribution in [2.75, 3.05) is 24.7 Å². The van der Waals surface area contributed by atoms with Gasteiger partial charge in [0.2, 0.25) is 0 Å². The summed E-state index contributed by atoms with van der Waals surface area (Å²) in [6, 6.07) is 9.07. The number of aromatic nitrogens is 1. The van der Waals surface area contributed by atoms with Crippen LogP contribution in [0.4, 0.5) is 5.13 Å². The lowest BCUT2D eigenvalue weighted by Gasteiger charge is -2.24. The summed E-state index contributed by atoms with van der Waals surface area (Å²) >= 11 is 0.919. The van der Waals surface area contributed by atoms with E-state index in [0.717, 1.165) is 16.9 Å². The minimum atomic E-state index is -1.10. The number of rotatable bonds is 11. The Bertz CT molecular complexity index is 1690. The van der Waals surface area contributed by atoms with Crippen molar-refractivity contribution in [2.24, 2.45) is 0 Å². The van der Waals surface area contributed by atoms with Gasteiger partial charge in [0.15, 0.2) is 16.6 Å². The van der Waals surface area contributed by atoms with Gasteiger partial charge in [0, 0.05) is 12.0 Å². The van der Waals surface area contributed by atoms with Crippen LogP contribution in [0.15, 0.2) is 67.3 Å². The Labute approximate surface area is 258 Å². The van der Waals surface area contributed by atoms with Gasteiger partial charge in [-0.2, -0.15) is 0 Å². The van der Waals surface area contributed by atoms with Gasteiger partial charge in [0.05, 0.1) is 23.9 Å². The second-order valence-corrected chi connectivity index (χ2v) is 11.1. The number of aliphatic hydroxyl groups is 1. The van der Waals surface area contributed by atoms with Gasteiger partial charge in [-0.25, -0.2) is 9.78 Å². The first-order valence-electron chi connectivity index (χ1n) is 14.0. The van der Waals surface area contributed by atoms with Crippen LogP contribution in [0, 0.1) is 6.92 Å². The molecule has 2 aromatic carbocycles. The molecule has 2 atom stereocenters. The average Bonchev–Trinajstić information content (AvgIpc) is 3.66. The second kappa shape index (κ2) is 12.8. The zero-order valence-corrected chi connectivity index (χ0v) is 25.4. The van der Waals surface area contributed by atoms with Crippen molar-refractivity contribution in [1.82, 2.24) is 4.98 Å². The predicted molar refractivity (Wildman–Crippen MR) is 166 cm³/mol. The van der Waals surface area contributed by atoms with Crippen LogP contribution in [-0.4, -0.2) is 53.7 Å². The average molecular weight is 617 g/mol. The van der Waals surface area contributed by atoms with E-state index < -0.39 is 23.7 Å². The first-order chi connectivity index (χ1) is 21.2. The molecule has 1 saturated heterocycles. The molecule has 44 heavy (non-hydrogen) atoms. The molecule has 0 unspecified atom stereocenters. The lowest BCUT2D eigenvalue weighted by atomic mass is 9.94. The van der Waals surface area contributed by atoms with E-state index in [9.17, 15) is 19.5 Å². The van der Waals surface area contributed by atoms with Gasteiger partial charge < -0.3 is 24.1 Å². The zero-order chi connectivity index (χ0) is 31.5. The van der Waals surface area contributed by atoms with Crippen LogP contribution in [0.3, 0.4) is 0 Å². The smallest absolute Gasteiger partial charge is 0.350 e. The number of carbonyl (C=O) groups is 3. The normalized spacial score (nSPS) is 18.5. The summed E-state index contributed by atoms with van der Waals surface area (Å²) in [5.74, 6) is -1.25. The number of esters is 1. The molecule has 10 nitrogen and oxygen atoms in total. The maximum absolute atomic E-state index is 13.7. The molecule has 228 valence electrons. The summed E-state index contributed by atoms with van der Waals surface area (Å²) in [7, 11) is 0. The molecule has 2 aliphatic rings. The monoisotopic (exact) mass is 616 g/mol. The summed E-state index contributed by atoms with van der Waals surface area (Å²) < 4.78 is 22.6. The van der Waals surface area contributed by atoms with Gasteiger partial charge in [0.25, 0.3) is 5.78 Å².